The number of carbonyl (C=O) groups is 1. The molecule has 0 aromatic heterocycles. The fourth-order valence-corrected chi connectivity index (χ4v) is 2.40. The van der Waals surface area contributed by atoms with Crippen molar-refractivity contribution in [3.63, 3.8) is 0 Å². The van der Waals surface area contributed by atoms with Crippen LogP contribution in [0.2, 0.25) is 0 Å². The van der Waals surface area contributed by atoms with E-state index >= 15 is 0 Å². The van der Waals surface area contributed by atoms with Crippen LogP contribution in [0.3, 0.4) is 0 Å². The Morgan fingerprint density at radius 1 is 0.913 bits per heavy atom. The number of hydrogen-bond acceptors (Lipinski definition) is 3. The summed E-state index contributed by atoms with van der Waals surface area (Å²) >= 11 is 0. The molecule has 0 aliphatic rings. The zero-order chi connectivity index (χ0) is 17.2. The highest BCUT2D eigenvalue weighted by molar-refractivity contribution is 5.83. The van der Waals surface area contributed by atoms with Crippen molar-refractivity contribution in [1.82, 2.24) is 0 Å². The monoisotopic (exact) mass is 323 g/mol. The first-order valence-corrected chi connectivity index (χ1v) is 9.41. The molecule has 0 rings (SSSR count). The maximum atomic E-state index is 11.4. The zero-order valence-corrected chi connectivity index (χ0v) is 15.0. The van der Waals surface area contributed by atoms with E-state index in [2.05, 4.69) is 31.2 Å². The van der Waals surface area contributed by atoms with E-state index in [-0.39, 0.29) is 12.4 Å². The lowest BCUT2D eigenvalue weighted by Crippen LogP contribution is -2.33. The Bertz CT molecular complexity index is 324. The van der Waals surface area contributed by atoms with Crippen LogP contribution in [0, 0.1) is 0 Å². The maximum Gasteiger partial charge on any atom is 0.151 e. The summed E-state index contributed by atoms with van der Waals surface area (Å²) in [5.74, 6) is -0.0156. The van der Waals surface area contributed by atoms with E-state index in [0.29, 0.717) is 6.42 Å². The van der Waals surface area contributed by atoms with Crippen molar-refractivity contribution in [2.75, 3.05) is 6.61 Å². The Balaban J connectivity index is 3.29. The molecule has 1 atom stereocenters. The van der Waals surface area contributed by atoms with Gasteiger partial charge in [0.2, 0.25) is 0 Å². The first kappa shape index (κ1) is 22.1. The number of nitrogens with two attached hydrogens (primary N) is 1. The largest absolute Gasteiger partial charge is 0.394 e. The minimum absolute atomic E-state index is 0.0156. The van der Waals surface area contributed by atoms with Crippen molar-refractivity contribution in [2.45, 2.75) is 90.0 Å². The highest BCUT2D eigenvalue weighted by Crippen LogP contribution is 2.09. The van der Waals surface area contributed by atoms with Gasteiger partial charge in [-0.15, -0.1) is 0 Å². The summed E-state index contributed by atoms with van der Waals surface area (Å²) in [4.78, 5) is 11.4. The lowest BCUT2D eigenvalue weighted by molar-refractivity contribution is -0.121. The lowest BCUT2D eigenvalue weighted by atomic mass is 10.0. The molecule has 3 N–H and O–H groups in total. The van der Waals surface area contributed by atoms with Crippen LogP contribution in [-0.4, -0.2) is 23.5 Å². The molecule has 0 aliphatic heterocycles. The van der Waals surface area contributed by atoms with E-state index in [1.807, 2.05) is 0 Å². The van der Waals surface area contributed by atoms with E-state index in [1.165, 1.54) is 44.9 Å². The standard InChI is InChI=1S/C20H37NO2/c1-2-3-4-5-6-7-8-9-10-11-12-13-14-15-16-17-20(23)19(21)18-22/h6-7,9-10,19,22H,2-5,8,11-18,21H2,1H3/b7-6-,10-9-. The number of hydrogen-bond donors (Lipinski definition) is 2. The molecule has 0 heterocycles. The molecule has 0 amide bonds. The van der Waals surface area contributed by atoms with E-state index in [0.717, 1.165) is 25.7 Å². The van der Waals surface area contributed by atoms with Crippen molar-refractivity contribution in [3.05, 3.63) is 24.3 Å². The van der Waals surface area contributed by atoms with Crippen molar-refractivity contribution < 1.29 is 9.90 Å². The van der Waals surface area contributed by atoms with Crippen LogP contribution in [0.15, 0.2) is 24.3 Å². The van der Waals surface area contributed by atoms with Gasteiger partial charge in [-0.2, -0.15) is 0 Å². The molecule has 0 saturated heterocycles. The highest BCUT2D eigenvalue weighted by Gasteiger charge is 2.10. The van der Waals surface area contributed by atoms with Crippen molar-refractivity contribution >= 4 is 5.78 Å². The lowest BCUT2D eigenvalue weighted by Gasteiger charge is -2.06. The molecule has 23 heavy (non-hydrogen) atoms. The number of allylic oxidation sites excluding steroid dienone is 4. The zero-order valence-electron chi connectivity index (χ0n) is 15.0. The summed E-state index contributed by atoms with van der Waals surface area (Å²) in [6, 6.07) is -0.680. The summed E-state index contributed by atoms with van der Waals surface area (Å²) in [5.41, 5.74) is 5.47. The number of carbonyl (C=O) groups excluding carboxylic acids is 1. The Morgan fingerprint density at radius 3 is 2.09 bits per heavy atom. The van der Waals surface area contributed by atoms with Gasteiger partial charge in [0.25, 0.3) is 0 Å². The van der Waals surface area contributed by atoms with Gasteiger partial charge in [-0.3, -0.25) is 4.79 Å². The Labute approximate surface area is 143 Å². The molecule has 3 nitrogen and oxygen atoms in total. The number of Topliss-reactive ketones (excluding diaryl/α,β-unsaturated/α-hetero) is 1. The fourth-order valence-electron chi connectivity index (χ4n) is 2.40. The molecule has 0 saturated carbocycles. The summed E-state index contributed by atoms with van der Waals surface area (Å²) in [5, 5.41) is 8.77. The number of ketones is 1. The molecule has 1 unspecified atom stereocenters. The average molecular weight is 324 g/mol. The molecule has 0 aliphatic carbocycles. The minimum Gasteiger partial charge on any atom is -0.394 e. The molecule has 0 aromatic carbocycles. The third kappa shape index (κ3) is 15.7. The van der Waals surface area contributed by atoms with Crippen LogP contribution < -0.4 is 5.73 Å². The molecular weight excluding hydrogens is 286 g/mol. The van der Waals surface area contributed by atoms with Crippen LogP contribution in [-0.2, 0) is 4.79 Å². The number of aliphatic hydroxyl groups excluding tert-OH is 1. The predicted octanol–water partition coefficient (Wildman–Crippen LogP) is 4.69. The molecule has 3 heteroatoms. The van der Waals surface area contributed by atoms with Crippen LogP contribution in [0.4, 0.5) is 0 Å². The number of unbranched alkanes of at least 4 members (excludes halogenated alkanes) is 8. The first-order chi connectivity index (χ1) is 11.2. The van der Waals surface area contributed by atoms with E-state index in [1.54, 1.807) is 0 Å². The molecular formula is C20H37NO2. The van der Waals surface area contributed by atoms with Crippen LogP contribution in [0.25, 0.3) is 0 Å². The van der Waals surface area contributed by atoms with E-state index in [4.69, 9.17) is 10.8 Å². The van der Waals surface area contributed by atoms with Crippen LogP contribution in [0.1, 0.15) is 84.0 Å². The second kappa shape index (κ2) is 17.4. The van der Waals surface area contributed by atoms with Gasteiger partial charge in [0.05, 0.1) is 12.6 Å². The maximum absolute atomic E-state index is 11.4. The van der Waals surface area contributed by atoms with Crippen LogP contribution in [0.5, 0.6) is 0 Å². The van der Waals surface area contributed by atoms with Crippen molar-refractivity contribution in [1.29, 1.82) is 0 Å². The van der Waals surface area contributed by atoms with E-state index in [9.17, 15) is 4.79 Å². The second-order valence-corrected chi connectivity index (χ2v) is 6.24. The van der Waals surface area contributed by atoms with E-state index < -0.39 is 6.04 Å². The van der Waals surface area contributed by atoms with Gasteiger partial charge in [0.1, 0.15) is 0 Å². The van der Waals surface area contributed by atoms with Gasteiger partial charge in [-0.1, -0.05) is 63.3 Å². The van der Waals surface area contributed by atoms with Gasteiger partial charge >= 0.3 is 0 Å². The van der Waals surface area contributed by atoms with Crippen LogP contribution >= 0.6 is 0 Å². The Hall–Kier alpha value is -0.930. The second-order valence-electron chi connectivity index (χ2n) is 6.24. The summed E-state index contributed by atoms with van der Waals surface area (Å²) in [7, 11) is 0. The molecule has 0 radical (unpaired) electrons. The van der Waals surface area contributed by atoms with Crippen molar-refractivity contribution in [2.24, 2.45) is 5.73 Å². The molecule has 0 bridgehead atoms. The summed E-state index contributed by atoms with van der Waals surface area (Å²) in [6.07, 6.45) is 22.5. The summed E-state index contributed by atoms with van der Waals surface area (Å²) < 4.78 is 0. The number of rotatable bonds is 16. The quantitative estimate of drug-likeness (QED) is 0.320. The molecule has 0 aromatic rings. The number of aliphatic hydroxyl groups is 1. The Morgan fingerprint density at radius 2 is 1.48 bits per heavy atom. The molecule has 134 valence electrons. The third-order valence-electron chi connectivity index (χ3n) is 3.98. The van der Waals surface area contributed by atoms with Gasteiger partial charge < -0.3 is 10.8 Å². The Kier molecular flexibility index (Phi) is 16.7. The highest BCUT2D eigenvalue weighted by atomic mass is 16.3. The summed E-state index contributed by atoms with van der Waals surface area (Å²) in [6.45, 7) is 2.00. The SMILES string of the molecule is CCCCC/C=C\C/C=C\CCCCCCCC(=O)C(N)CO. The normalized spacial score (nSPS) is 13.2. The predicted molar refractivity (Wildman–Crippen MR) is 99.4 cm³/mol. The van der Waals surface area contributed by atoms with Gasteiger partial charge in [0, 0.05) is 6.42 Å². The molecule has 0 fully saturated rings. The smallest absolute Gasteiger partial charge is 0.151 e. The topological polar surface area (TPSA) is 63.3 Å². The average Bonchev–Trinajstić information content (AvgIpc) is 2.57. The van der Waals surface area contributed by atoms with Crippen molar-refractivity contribution in [3.8, 4) is 0 Å². The fraction of sp³-hybridized carbons (Fsp3) is 0.750. The van der Waals surface area contributed by atoms with Gasteiger partial charge in [0.15, 0.2) is 5.78 Å². The first-order valence-electron chi connectivity index (χ1n) is 9.41. The van der Waals surface area contributed by atoms with Gasteiger partial charge in [-0.25, -0.2) is 0 Å². The van der Waals surface area contributed by atoms with Gasteiger partial charge in [-0.05, 0) is 38.5 Å². The minimum atomic E-state index is -0.680. The third-order valence-corrected chi connectivity index (χ3v) is 3.98. The molecule has 0 spiro atoms.